The summed E-state index contributed by atoms with van der Waals surface area (Å²) >= 11 is 1.40. The molecule has 0 bridgehead atoms. The van der Waals surface area contributed by atoms with Gasteiger partial charge < -0.3 is 5.73 Å². The number of nitrogens with zero attached hydrogens (tertiary/aromatic N) is 1. The van der Waals surface area contributed by atoms with E-state index in [0.717, 1.165) is 15.8 Å². The first-order chi connectivity index (χ1) is 7.19. The molecular formula is C9H10N4OS. The highest BCUT2D eigenvalue weighted by Crippen LogP contribution is 2.24. The number of nitrogens with one attached hydrogen (secondary N) is 1. The van der Waals surface area contributed by atoms with Gasteiger partial charge in [0.05, 0.1) is 16.6 Å². The third kappa shape index (κ3) is 2.05. The lowest BCUT2D eigenvalue weighted by Gasteiger charge is -1.99. The number of hydrogen-bond donors (Lipinski definition) is 3. The predicted octanol–water partition coefficient (Wildman–Crippen LogP) is 0.411. The summed E-state index contributed by atoms with van der Waals surface area (Å²) in [5.74, 6) is 4.79. The molecule has 15 heavy (non-hydrogen) atoms. The maximum atomic E-state index is 11.0. The molecule has 0 atom stereocenters. The average molecular weight is 222 g/mol. The lowest BCUT2D eigenvalue weighted by molar-refractivity contribution is -0.120. The van der Waals surface area contributed by atoms with Crippen LogP contribution in [0.1, 0.15) is 5.56 Å². The fourth-order valence-electron chi connectivity index (χ4n) is 1.33. The van der Waals surface area contributed by atoms with Crippen LogP contribution in [0.25, 0.3) is 10.2 Å². The quantitative estimate of drug-likeness (QED) is 0.390. The van der Waals surface area contributed by atoms with Gasteiger partial charge in [-0.3, -0.25) is 10.2 Å². The van der Waals surface area contributed by atoms with Crippen LogP contribution in [0.4, 0.5) is 5.13 Å². The Morgan fingerprint density at radius 1 is 1.53 bits per heavy atom. The Morgan fingerprint density at radius 3 is 3.07 bits per heavy atom. The molecule has 78 valence electrons. The summed E-state index contributed by atoms with van der Waals surface area (Å²) in [6.45, 7) is 0. The lowest BCUT2D eigenvalue weighted by atomic mass is 10.1. The van der Waals surface area contributed by atoms with Crippen LogP contribution in [-0.4, -0.2) is 10.9 Å². The maximum Gasteiger partial charge on any atom is 0.238 e. The Balaban J connectivity index is 2.33. The summed E-state index contributed by atoms with van der Waals surface area (Å²) in [5.41, 5.74) is 9.42. The number of fused-ring (bicyclic) bond motifs is 1. The number of rotatable bonds is 2. The fourth-order valence-corrected chi connectivity index (χ4v) is 2.13. The van der Waals surface area contributed by atoms with E-state index in [1.807, 2.05) is 18.2 Å². The van der Waals surface area contributed by atoms with Crippen LogP contribution >= 0.6 is 11.3 Å². The third-order valence-corrected chi connectivity index (χ3v) is 2.84. The van der Waals surface area contributed by atoms with Gasteiger partial charge in [-0.1, -0.05) is 17.4 Å². The summed E-state index contributed by atoms with van der Waals surface area (Å²) in [6.07, 6.45) is 0.268. The first-order valence-electron chi connectivity index (χ1n) is 4.33. The molecular weight excluding hydrogens is 212 g/mol. The minimum Gasteiger partial charge on any atom is -0.375 e. The Bertz CT molecular complexity index is 508. The third-order valence-electron chi connectivity index (χ3n) is 2.00. The number of nitrogens with two attached hydrogens (primary N) is 2. The van der Waals surface area contributed by atoms with Gasteiger partial charge in [-0.25, -0.2) is 10.8 Å². The van der Waals surface area contributed by atoms with Gasteiger partial charge in [0.15, 0.2) is 5.13 Å². The molecule has 2 aromatic rings. The van der Waals surface area contributed by atoms with Gasteiger partial charge in [0, 0.05) is 0 Å². The van der Waals surface area contributed by atoms with Crippen molar-refractivity contribution in [2.75, 3.05) is 5.73 Å². The second kappa shape index (κ2) is 3.84. The molecule has 6 heteroatoms. The molecule has 2 rings (SSSR count). The molecule has 1 aromatic carbocycles. The number of aromatic nitrogens is 1. The zero-order valence-electron chi connectivity index (χ0n) is 7.86. The van der Waals surface area contributed by atoms with Crippen molar-refractivity contribution in [3.8, 4) is 0 Å². The highest BCUT2D eigenvalue weighted by Gasteiger charge is 2.05. The number of benzene rings is 1. The molecule has 1 aromatic heterocycles. The van der Waals surface area contributed by atoms with Crippen molar-refractivity contribution in [1.29, 1.82) is 0 Å². The number of anilines is 1. The van der Waals surface area contributed by atoms with Crippen molar-refractivity contribution in [3.05, 3.63) is 23.8 Å². The van der Waals surface area contributed by atoms with Gasteiger partial charge in [0.1, 0.15) is 0 Å². The predicted molar refractivity (Wildman–Crippen MR) is 60.1 cm³/mol. The molecule has 5 nitrogen and oxygen atoms in total. The van der Waals surface area contributed by atoms with E-state index < -0.39 is 0 Å². The molecule has 0 aliphatic rings. The number of amides is 1. The summed E-state index contributed by atoms with van der Waals surface area (Å²) in [6, 6.07) is 5.59. The molecule has 0 aliphatic heterocycles. The monoisotopic (exact) mass is 222 g/mol. The standard InChI is InChI=1S/C9H10N4OS/c10-9-12-6-2-1-5(3-7(6)15-9)4-8(14)13-11/h1-3H,4,11H2,(H2,10,12)(H,13,14). The van der Waals surface area contributed by atoms with Crippen LogP contribution in [0, 0.1) is 0 Å². The molecule has 0 spiro atoms. The van der Waals surface area contributed by atoms with E-state index >= 15 is 0 Å². The second-order valence-corrected chi connectivity index (χ2v) is 4.16. The van der Waals surface area contributed by atoms with Gasteiger partial charge in [0.2, 0.25) is 5.91 Å². The number of thiazole rings is 1. The number of hydrazine groups is 1. The summed E-state index contributed by atoms with van der Waals surface area (Å²) < 4.78 is 0.981. The molecule has 0 radical (unpaired) electrons. The SMILES string of the molecule is NNC(=O)Cc1ccc2nc(N)sc2c1. The van der Waals surface area contributed by atoms with Crippen LogP contribution in [0.3, 0.4) is 0 Å². The average Bonchev–Trinajstić information content (AvgIpc) is 2.57. The van der Waals surface area contributed by atoms with Crippen LogP contribution in [0.5, 0.6) is 0 Å². The maximum absolute atomic E-state index is 11.0. The van der Waals surface area contributed by atoms with E-state index in [1.165, 1.54) is 11.3 Å². The number of nitrogen functional groups attached to an aromatic ring is 1. The minimum absolute atomic E-state index is 0.216. The molecule has 0 aliphatic carbocycles. The Kier molecular flexibility index (Phi) is 2.53. The minimum atomic E-state index is -0.216. The molecule has 5 N–H and O–H groups in total. The largest absolute Gasteiger partial charge is 0.375 e. The smallest absolute Gasteiger partial charge is 0.238 e. The Hall–Kier alpha value is -1.66. The van der Waals surface area contributed by atoms with Crippen molar-refractivity contribution in [3.63, 3.8) is 0 Å². The number of hydrogen-bond acceptors (Lipinski definition) is 5. The van der Waals surface area contributed by atoms with Crippen LogP contribution in [0.2, 0.25) is 0 Å². The van der Waals surface area contributed by atoms with Crippen molar-refractivity contribution in [1.82, 2.24) is 10.4 Å². The van der Waals surface area contributed by atoms with Gasteiger partial charge in [-0.05, 0) is 17.7 Å². The summed E-state index contributed by atoms with van der Waals surface area (Å²) in [7, 11) is 0. The number of carbonyl (C=O) groups excluding carboxylic acids is 1. The van der Waals surface area contributed by atoms with Crippen molar-refractivity contribution >= 4 is 32.6 Å². The zero-order chi connectivity index (χ0) is 10.8. The normalized spacial score (nSPS) is 10.5. The van der Waals surface area contributed by atoms with Gasteiger partial charge in [-0.15, -0.1) is 0 Å². The molecule has 0 fully saturated rings. The molecule has 0 unspecified atom stereocenters. The summed E-state index contributed by atoms with van der Waals surface area (Å²) in [4.78, 5) is 15.2. The molecule has 0 saturated carbocycles. The Morgan fingerprint density at radius 2 is 2.33 bits per heavy atom. The van der Waals surface area contributed by atoms with Crippen molar-refractivity contribution in [2.45, 2.75) is 6.42 Å². The van der Waals surface area contributed by atoms with Gasteiger partial charge in [0.25, 0.3) is 0 Å². The summed E-state index contributed by atoms with van der Waals surface area (Å²) in [5, 5.41) is 0.533. The second-order valence-electron chi connectivity index (χ2n) is 3.10. The van der Waals surface area contributed by atoms with E-state index in [4.69, 9.17) is 11.6 Å². The zero-order valence-corrected chi connectivity index (χ0v) is 8.67. The van der Waals surface area contributed by atoms with Crippen LogP contribution < -0.4 is 17.0 Å². The molecule has 1 heterocycles. The fraction of sp³-hybridized carbons (Fsp3) is 0.111. The van der Waals surface area contributed by atoms with E-state index in [0.29, 0.717) is 5.13 Å². The van der Waals surface area contributed by atoms with Crippen molar-refractivity contribution < 1.29 is 4.79 Å². The van der Waals surface area contributed by atoms with Crippen molar-refractivity contribution in [2.24, 2.45) is 5.84 Å². The highest BCUT2D eigenvalue weighted by molar-refractivity contribution is 7.22. The van der Waals surface area contributed by atoms with E-state index in [9.17, 15) is 4.79 Å². The Labute approximate surface area is 90.1 Å². The van der Waals surface area contributed by atoms with Gasteiger partial charge >= 0.3 is 0 Å². The lowest BCUT2D eigenvalue weighted by Crippen LogP contribution is -2.31. The van der Waals surface area contributed by atoms with E-state index in [-0.39, 0.29) is 12.3 Å². The first-order valence-corrected chi connectivity index (χ1v) is 5.15. The van der Waals surface area contributed by atoms with Crippen LogP contribution in [-0.2, 0) is 11.2 Å². The number of carbonyl (C=O) groups is 1. The van der Waals surface area contributed by atoms with Crippen LogP contribution in [0.15, 0.2) is 18.2 Å². The van der Waals surface area contributed by atoms with Gasteiger partial charge in [-0.2, -0.15) is 0 Å². The molecule has 1 amide bonds. The topological polar surface area (TPSA) is 94.0 Å². The van der Waals surface area contributed by atoms with E-state index in [2.05, 4.69) is 10.4 Å². The highest BCUT2D eigenvalue weighted by atomic mass is 32.1. The van der Waals surface area contributed by atoms with E-state index in [1.54, 1.807) is 0 Å². The first kappa shape index (κ1) is 9.88. The molecule has 0 saturated heterocycles.